The second-order valence-corrected chi connectivity index (χ2v) is 6.63. The number of benzene rings is 2. The Hall–Kier alpha value is -1.63. The Morgan fingerprint density at radius 3 is 2.26 bits per heavy atom. The standard InChI is InChI=1S/C22H30O/c1-3-4-5-6-7-8-9-10-12-19-13-11-14-21-17-20(18(2)23)15-16-22(19)21/h11,13-17H,3-10,12H2,1-2H3. The molecule has 0 atom stereocenters. The van der Waals surface area contributed by atoms with E-state index in [0.717, 1.165) is 12.0 Å². The Morgan fingerprint density at radius 2 is 1.57 bits per heavy atom. The minimum Gasteiger partial charge on any atom is -0.295 e. The Balaban J connectivity index is 1.85. The highest BCUT2D eigenvalue weighted by molar-refractivity contribution is 5.99. The summed E-state index contributed by atoms with van der Waals surface area (Å²) in [7, 11) is 0. The Bertz CT molecular complexity index is 627. The highest BCUT2D eigenvalue weighted by Gasteiger charge is 2.04. The van der Waals surface area contributed by atoms with Gasteiger partial charge in [0.25, 0.3) is 0 Å². The third-order valence-corrected chi connectivity index (χ3v) is 4.68. The third kappa shape index (κ3) is 5.49. The van der Waals surface area contributed by atoms with Crippen molar-refractivity contribution in [2.75, 3.05) is 0 Å². The minimum atomic E-state index is 0.139. The molecule has 23 heavy (non-hydrogen) atoms. The van der Waals surface area contributed by atoms with Gasteiger partial charge in [-0.15, -0.1) is 0 Å². The highest BCUT2D eigenvalue weighted by atomic mass is 16.1. The fraction of sp³-hybridized carbons (Fsp3) is 0.500. The smallest absolute Gasteiger partial charge is 0.159 e. The molecule has 0 unspecified atom stereocenters. The lowest BCUT2D eigenvalue weighted by Crippen LogP contribution is -1.93. The maximum atomic E-state index is 11.5. The van der Waals surface area contributed by atoms with Crippen LogP contribution in [0.15, 0.2) is 36.4 Å². The van der Waals surface area contributed by atoms with Crippen LogP contribution in [0.25, 0.3) is 10.8 Å². The average molecular weight is 310 g/mol. The first-order valence-electron chi connectivity index (χ1n) is 9.25. The Kier molecular flexibility index (Phi) is 7.32. The van der Waals surface area contributed by atoms with Crippen molar-refractivity contribution in [3.8, 4) is 0 Å². The summed E-state index contributed by atoms with van der Waals surface area (Å²) in [6, 6.07) is 12.6. The topological polar surface area (TPSA) is 17.1 Å². The predicted octanol–water partition coefficient (Wildman–Crippen LogP) is 6.73. The normalized spacial score (nSPS) is 11.0. The number of carbonyl (C=O) groups is 1. The summed E-state index contributed by atoms with van der Waals surface area (Å²) in [6.07, 6.45) is 12.0. The maximum absolute atomic E-state index is 11.5. The van der Waals surface area contributed by atoms with Crippen LogP contribution in [-0.2, 0) is 6.42 Å². The molecule has 0 bridgehead atoms. The fourth-order valence-corrected chi connectivity index (χ4v) is 3.24. The lowest BCUT2D eigenvalue weighted by molar-refractivity contribution is 0.101. The van der Waals surface area contributed by atoms with E-state index in [4.69, 9.17) is 0 Å². The van der Waals surface area contributed by atoms with Gasteiger partial charge in [0.15, 0.2) is 5.78 Å². The number of rotatable bonds is 10. The van der Waals surface area contributed by atoms with Crippen molar-refractivity contribution in [2.24, 2.45) is 0 Å². The van der Waals surface area contributed by atoms with Crippen LogP contribution in [-0.4, -0.2) is 5.78 Å². The molecule has 1 heteroatoms. The van der Waals surface area contributed by atoms with Gasteiger partial charge >= 0.3 is 0 Å². The van der Waals surface area contributed by atoms with E-state index in [9.17, 15) is 4.79 Å². The molecule has 0 fully saturated rings. The molecule has 0 aromatic heterocycles. The molecular weight excluding hydrogens is 280 g/mol. The van der Waals surface area contributed by atoms with Crippen molar-refractivity contribution in [3.05, 3.63) is 47.5 Å². The van der Waals surface area contributed by atoms with E-state index in [2.05, 4.69) is 31.2 Å². The first kappa shape index (κ1) is 17.7. The second-order valence-electron chi connectivity index (χ2n) is 6.63. The molecule has 0 aliphatic rings. The molecule has 0 saturated carbocycles. The van der Waals surface area contributed by atoms with Crippen molar-refractivity contribution in [3.63, 3.8) is 0 Å². The maximum Gasteiger partial charge on any atom is 0.159 e. The van der Waals surface area contributed by atoms with Crippen LogP contribution in [0.3, 0.4) is 0 Å². The van der Waals surface area contributed by atoms with E-state index in [-0.39, 0.29) is 5.78 Å². The Morgan fingerprint density at radius 1 is 0.870 bits per heavy atom. The molecule has 0 heterocycles. The second kappa shape index (κ2) is 9.50. The van der Waals surface area contributed by atoms with E-state index in [1.54, 1.807) is 6.92 Å². The van der Waals surface area contributed by atoms with Gasteiger partial charge in [-0.3, -0.25) is 4.79 Å². The summed E-state index contributed by atoms with van der Waals surface area (Å²) in [5, 5.41) is 2.50. The van der Waals surface area contributed by atoms with Gasteiger partial charge in [-0.1, -0.05) is 82.2 Å². The summed E-state index contributed by atoms with van der Waals surface area (Å²) in [5.41, 5.74) is 2.23. The molecular formula is C22H30O. The lowest BCUT2D eigenvalue weighted by Gasteiger charge is -2.08. The molecule has 124 valence electrons. The summed E-state index contributed by atoms with van der Waals surface area (Å²) < 4.78 is 0. The van der Waals surface area contributed by atoms with Crippen LogP contribution in [0.4, 0.5) is 0 Å². The summed E-state index contributed by atoms with van der Waals surface area (Å²) in [5.74, 6) is 0.139. The van der Waals surface area contributed by atoms with E-state index in [1.807, 2.05) is 12.1 Å². The van der Waals surface area contributed by atoms with Crippen molar-refractivity contribution in [1.82, 2.24) is 0 Å². The first-order chi connectivity index (χ1) is 11.2. The van der Waals surface area contributed by atoms with Crippen LogP contribution in [0.2, 0.25) is 0 Å². The monoisotopic (exact) mass is 310 g/mol. The molecule has 0 N–H and O–H groups in total. The largest absolute Gasteiger partial charge is 0.295 e. The van der Waals surface area contributed by atoms with Crippen molar-refractivity contribution >= 4 is 16.6 Å². The van der Waals surface area contributed by atoms with Crippen LogP contribution in [0, 0.1) is 0 Å². The zero-order chi connectivity index (χ0) is 16.5. The molecule has 0 saturated heterocycles. The number of fused-ring (bicyclic) bond motifs is 1. The van der Waals surface area contributed by atoms with Gasteiger partial charge in [0.2, 0.25) is 0 Å². The number of carbonyl (C=O) groups excluding carboxylic acids is 1. The molecule has 1 nitrogen and oxygen atoms in total. The number of ketones is 1. The van der Waals surface area contributed by atoms with Gasteiger partial charge in [0.05, 0.1) is 0 Å². The van der Waals surface area contributed by atoms with E-state index < -0.39 is 0 Å². The molecule has 2 aromatic rings. The predicted molar refractivity (Wildman–Crippen MR) is 100 cm³/mol. The van der Waals surface area contributed by atoms with Crippen LogP contribution in [0.1, 0.15) is 81.1 Å². The average Bonchev–Trinajstić information content (AvgIpc) is 2.56. The van der Waals surface area contributed by atoms with E-state index in [0.29, 0.717) is 0 Å². The first-order valence-corrected chi connectivity index (χ1v) is 9.25. The Labute approximate surface area is 141 Å². The number of unbranched alkanes of at least 4 members (excludes halogenated alkanes) is 7. The highest BCUT2D eigenvalue weighted by Crippen LogP contribution is 2.22. The van der Waals surface area contributed by atoms with E-state index in [1.165, 1.54) is 67.7 Å². The summed E-state index contributed by atoms with van der Waals surface area (Å²) in [4.78, 5) is 11.5. The number of hydrogen-bond acceptors (Lipinski definition) is 1. The molecule has 0 amide bonds. The van der Waals surface area contributed by atoms with Gasteiger partial charge < -0.3 is 0 Å². The van der Waals surface area contributed by atoms with Crippen molar-refractivity contribution in [1.29, 1.82) is 0 Å². The lowest BCUT2D eigenvalue weighted by atomic mass is 9.97. The number of aryl methyl sites for hydroxylation is 1. The van der Waals surface area contributed by atoms with Gasteiger partial charge in [0, 0.05) is 5.56 Å². The van der Waals surface area contributed by atoms with Gasteiger partial charge in [-0.25, -0.2) is 0 Å². The van der Waals surface area contributed by atoms with E-state index >= 15 is 0 Å². The van der Waals surface area contributed by atoms with Crippen LogP contribution in [0.5, 0.6) is 0 Å². The number of Topliss-reactive ketones (excluding diaryl/α,β-unsaturated/α-hetero) is 1. The summed E-state index contributed by atoms with van der Waals surface area (Å²) >= 11 is 0. The molecule has 2 rings (SSSR count). The summed E-state index contributed by atoms with van der Waals surface area (Å²) in [6.45, 7) is 3.90. The molecule has 0 spiro atoms. The van der Waals surface area contributed by atoms with Gasteiger partial charge in [0.1, 0.15) is 0 Å². The molecule has 2 aromatic carbocycles. The molecule has 0 aliphatic heterocycles. The number of hydrogen-bond donors (Lipinski definition) is 0. The van der Waals surface area contributed by atoms with Crippen molar-refractivity contribution in [2.45, 2.75) is 71.6 Å². The zero-order valence-corrected chi connectivity index (χ0v) is 14.7. The van der Waals surface area contributed by atoms with Gasteiger partial charge in [-0.2, -0.15) is 0 Å². The van der Waals surface area contributed by atoms with Crippen LogP contribution >= 0.6 is 0 Å². The van der Waals surface area contributed by atoms with Crippen molar-refractivity contribution < 1.29 is 4.79 Å². The molecule has 0 aliphatic carbocycles. The zero-order valence-electron chi connectivity index (χ0n) is 14.7. The fourth-order valence-electron chi connectivity index (χ4n) is 3.24. The quantitative estimate of drug-likeness (QED) is 0.351. The molecule has 0 radical (unpaired) electrons. The third-order valence-electron chi connectivity index (χ3n) is 4.68. The van der Waals surface area contributed by atoms with Crippen LogP contribution < -0.4 is 0 Å². The SMILES string of the molecule is CCCCCCCCCCc1cccc2cc(C(C)=O)ccc12. The minimum absolute atomic E-state index is 0.139. The van der Waals surface area contributed by atoms with Gasteiger partial charge in [-0.05, 0) is 42.2 Å².